The first-order valence-electron chi connectivity index (χ1n) is 4.95. The topological polar surface area (TPSA) is 40.4 Å². The van der Waals surface area contributed by atoms with E-state index in [4.69, 9.17) is 4.74 Å². The Morgan fingerprint density at radius 1 is 1.69 bits per heavy atom. The van der Waals surface area contributed by atoms with Crippen LogP contribution in [0.25, 0.3) is 0 Å². The molecular formula is C10H17NO2. The van der Waals surface area contributed by atoms with Crippen molar-refractivity contribution >= 4 is 5.97 Å². The van der Waals surface area contributed by atoms with Gasteiger partial charge in [0.1, 0.15) is 0 Å². The Labute approximate surface area is 79.8 Å². The molecule has 0 spiro atoms. The summed E-state index contributed by atoms with van der Waals surface area (Å²) >= 11 is 0. The van der Waals surface area contributed by atoms with Crippen LogP contribution < -0.4 is 5.32 Å². The van der Waals surface area contributed by atoms with Crippen LogP contribution in [0.3, 0.4) is 0 Å². The second-order valence-electron chi connectivity index (χ2n) is 3.26. The molecule has 1 fully saturated rings. The summed E-state index contributed by atoms with van der Waals surface area (Å²) in [6, 6.07) is 0. The lowest BCUT2D eigenvalue weighted by molar-refractivity contribution is -0.143. The third-order valence-electron chi connectivity index (χ3n) is 2.18. The summed E-state index contributed by atoms with van der Waals surface area (Å²) in [7, 11) is 0. The van der Waals surface area contributed by atoms with E-state index < -0.39 is 0 Å². The smallest absolute Gasteiger partial charge is 0.305 e. The van der Waals surface area contributed by atoms with Gasteiger partial charge in [-0.25, -0.2) is 5.32 Å². The van der Waals surface area contributed by atoms with Gasteiger partial charge in [-0.05, 0) is 32.1 Å². The molecular weight excluding hydrogens is 166 g/mol. The molecule has 1 atom stereocenters. The minimum atomic E-state index is -0.0820. The van der Waals surface area contributed by atoms with Gasteiger partial charge in [0.25, 0.3) is 0 Å². The minimum Gasteiger partial charge on any atom is -0.466 e. The molecule has 1 rings (SSSR count). The van der Waals surface area contributed by atoms with Crippen LogP contribution in [0.1, 0.15) is 26.2 Å². The molecule has 0 aromatic carbocycles. The lowest BCUT2D eigenvalue weighted by Gasteiger charge is -2.20. The lowest BCUT2D eigenvalue weighted by atomic mass is 9.95. The monoisotopic (exact) mass is 183 g/mol. The normalized spacial score (nSPS) is 22.7. The van der Waals surface area contributed by atoms with Gasteiger partial charge in [-0.1, -0.05) is 0 Å². The highest BCUT2D eigenvalue weighted by molar-refractivity contribution is 5.69. The van der Waals surface area contributed by atoms with Crippen molar-refractivity contribution in [2.45, 2.75) is 26.2 Å². The fraction of sp³-hybridized carbons (Fsp3) is 0.800. The fourth-order valence-corrected chi connectivity index (χ4v) is 1.48. The zero-order valence-corrected chi connectivity index (χ0v) is 8.16. The Hall–Kier alpha value is -0.570. The molecule has 13 heavy (non-hydrogen) atoms. The van der Waals surface area contributed by atoms with Crippen molar-refractivity contribution < 1.29 is 9.53 Å². The summed E-state index contributed by atoms with van der Waals surface area (Å²) in [6.07, 6.45) is 4.76. The average Bonchev–Trinajstić information content (AvgIpc) is 2.17. The van der Waals surface area contributed by atoms with Crippen LogP contribution in [-0.2, 0) is 9.53 Å². The number of esters is 1. The van der Waals surface area contributed by atoms with Crippen LogP contribution >= 0.6 is 0 Å². The number of nitrogens with zero attached hydrogens (tertiary/aromatic N) is 1. The number of hydrogen-bond acceptors (Lipinski definition) is 2. The minimum absolute atomic E-state index is 0.0820. The van der Waals surface area contributed by atoms with Crippen molar-refractivity contribution in [3.8, 4) is 0 Å². The van der Waals surface area contributed by atoms with Gasteiger partial charge < -0.3 is 4.74 Å². The SMILES string of the molecule is CCOC(=O)CCC1[CH]CC[N]C1. The Kier molecular flexibility index (Phi) is 4.83. The third-order valence-corrected chi connectivity index (χ3v) is 2.18. The van der Waals surface area contributed by atoms with Gasteiger partial charge in [-0.2, -0.15) is 0 Å². The highest BCUT2D eigenvalue weighted by atomic mass is 16.5. The first kappa shape index (κ1) is 10.5. The molecule has 1 aliphatic rings. The summed E-state index contributed by atoms with van der Waals surface area (Å²) in [5, 5.41) is 4.30. The van der Waals surface area contributed by atoms with Crippen LogP contribution in [0.15, 0.2) is 0 Å². The second-order valence-corrected chi connectivity index (χ2v) is 3.26. The van der Waals surface area contributed by atoms with E-state index in [0.29, 0.717) is 18.9 Å². The highest BCUT2D eigenvalue weighted by Gasteiger charge is 2.15. The van der Waals surface area contributed by atoms with Crippen LogP contribution in [-0.4, -0.2) is 25.7 Å². The number of rotatable bonds is 4. The molecule has 0 aromatic heterocycles. The molecule has 1 heterocycles. The molecule has 0 N–H and O–H groups in total. The Morgan fingerprint density at radius 3 is 3.15 bits per heavy atom. The van der Waals surface area contributed by atoms with Crippen molar-refractivity contribution in [2.75, 3.05) is 19.7 Å². The van der Waals surface area contributed by atoms with Gasteiger partial charge in [-0.15, -0.1) is 0 Å². The summed E-state index contributed by atoms with van der Waals surface area (Å²) < 4.78 is 4.85. The first-order valence-corrected chi connectivity index (χ1v) is 4.95. The molecule has 1 saturated heterocycles. The molecule has 2 radical (unpaired) electrons. The molecule has 74 valence electrons. The molecule has 0 aromatic rings. The van der Waals surface area contributed by atoms with Gasteiger partial charge >= 0.3 is 5.97 Å². The molecule has 3 nitrogen and oxygen atoms in total. The predicted molar refractivity (Wildman–Crippen MR) is 50.1 cm³/mol. The average molecular weight is 183 g/mol. The highest BCUT2D eigenvalue weighted by Crippen LogP contribution is 2.15. The van der Waals surface area contributed by atoms with E-state index in [-0.39, 0.29) is 5.97 Å². The molecule has 0 saturated carbocycles. The number of ether oxygens (including phenoxy) is 1. The quantitative estimate of drug-likeness (QED) is 0.613. The van der Waals surface area contributed by atoms with Gasteiger partial charge in [0.2, 0.25) is 0 Å². The first-order chi connectivity index (χ1) is 6.33. The van der Waals surface area contributed by atoms with E-state index in [2.05, 4.69) is 11.7 Å². The fourth-order valence-electron chi connectivity index (χ4n) is 1.48. The van der Waals surface area contributed by atoms with E-state index in [1.807, 2.05) is 6.92 Å². The van der Waals surface area contributed by atoms with Crippen LogP contribution in [0, 0.1) is 12.3 Å². The van der Waals surface area contributed by atoms with E-state index in [1.54, 1.807) is 0 Å². The van der Waals surface area contributed by atoms with Crippen molar-refractivity contribution in [1.82, 2.24) is 5.32 Å². The van der Waals surface area contributed by atoms with Gasteiger partial charge in [0.05, 0.1) is 6.61 Å². The van der Waals surface area contributed by atoms with Crippen molar-refractivity contribution in [2.24, 2.45) is 5.92 Å². The summed E-state index contributed by atoms with van der Waals surface area (Å²) in [4.78, 5) is 11.0. The lowest BCUT2D eigenvalue weighted by Crippen LogP contribution is -2.25. The van der Waals surface area contributed by atoms with Crippen LogP contribution in [0.2, 0.25) is 0 Å². The Morgan fingerprint density at radius 2 is 2.54 bits per heavy atom. The molecule has 1 aliphatic heterocycles. The van der Waals surface area contributed by atoms with E-state index in [1.165, 1.54) is 0 Å². The van der Waals surface area contributed by atoms with Crippen molar-refractivity contribution in [1.29, 1.82) is 0 Å². The number of carbonyl (C=O) groups excluding carboxylic acids is 1. The van der Waals surface area contributed by atoms with Crippen molar-refractivity contribution in [3.05, 3.63) is 6.42 Å². The standard InChI is InChI=1S/C10H17NO2/c1-2-13-10(12)6-5-9-4-3-7-11-8-9/h4,9H,2-3,5-8H2,1H3. The van der Waals surface area contributed by atoms with Crippen LogP contribution in [0.5, 0.6) is 0 Å². The molecule has 0 bridgehead atoms. The third kappa shape index (κ3) is 4.27. The second kappa shape index (κ2) is 5.97. The predicted octanol–water partition coefficient (Wildman–Crippen LogP) is 1.16. The number of hydrogen-bond donors (Lipinski definition) is 0. The number of carbonyl (C=O) groups is 1. The van der Waals surface area contributed by atoms with E-state index in [0.717, 1.165) is 25.9 Å². The number of piperidine rings is 1. The molecule has 0 aliphatic carbocycles. The zero-order valence-electron chi connectivity index (χ0n) is 8.16. The van der Waals surface area contributed by atoms with Crippen LogP contribution in [0.4, 0.5) is 0 Å². The Bertz CT molecular complexity index is 153. The van der Waals surface area contributed by atoms with Gasteiger partial charge in [0.15, 0.2) is 0 Å². The summed E-state index contributed by atoms with van der Waals surface area (Å²) in [6.45, 7) is 4.16. The summed E-state index contributed by atoms with van der Waals surface area (Å²) in [5.74, 6) is 0.416. The molecule has 1 unspecified atom stereocenters. The van der Waals surface area contributed by atoms with E-state index >= 15 is 0 Å². The van der Waals surface area contributed by atoms with Gasteiger partial charge in [0, 0.05) is 19.5 Å². The van der Waals surface area contributed by atoms with Gasteiger partial charge in [-0.3, -0.25) is 4.79 Å². The molecule has 3 heteroatoms. The maximum Gasteiger partial charge on any atom is 0.305 e. The molecule has 0 amide bonds. The Balaban J connectivity index is 2.06. The maximum absolute atomic E-state index is 11.0. The summed E-state index contributed by atoms with van der Waals surface area (Å²) in [5.41, 5.74) is 0. The maximum atomic E-state index is 11.0. The van der Waals surface area contributed by atoms with E-state index in [9.17, 15) is 4.79 Å². The largest absolute Gasteiger partial charge is 0.466 e. The zero-order chi connectivity index (χ0) is 9.52. The van der Waals surface area contributed by atoms with Crippen molar-refractivity contribution in [3.63, 3.8) is 0 Å².